The first-order chi connectivity index (χ1) is 12.6. The van der Waals surface area contributed by atoms with Crippen molar-refractivity contribution in [2.75, 3.05) is 20.8 Å². The zero-order valence-corrected chi connectivity index (χ0v) is 14.7. The minimum absolute atomic E-state index is 0.367. The van der Waals surface area contributed by atoms with Crippen molar-refractivity contribution >= 4 is 18.0 Å². The van der Waals surface area contributed by atoms with Gasteiger partial charge in [-0.1, -0.05) is 30.3 Å². The van der Waals surface area contributed by atoms with Gasteiger partial charge in [0.15, 0.2) is 0 Å². The molecule has 0 bridgehead atoms. The van der Waals surface area contributed by atoms with Crippen LogP contribution in [-0.2, 0) is 16.0 Å². The number of hydrazone groups is 1. The van der Waals surface area contributed by atoms with E-state index in [0.29, 0.717) is 30.0 Å². The number of amides is 2. The molecule has 0 aliphatic heterocycles. The second-order valence-electron chi connectivity index (χ2n) is 5.30. The molecule has 0 atom stereocenters. The van der Waals surface area contributed by atoms with E-state index in [4.69, 9.17) is 9.47 Å². The van der Waals surface area contributed by atoms with Gasteiger partial charge in [0.1, 0.15) is 11.5 Å². The van der Waals surface area contributed by atoms with Crippen molar-refractivity contribution in [1.29, 1.82) is 0 Å². The van der Waals surface area contributed by atoms with Gasteiger partial charge in [0.2, 0.25) is 0 Å². The molecule has 0 aliphatic carbocycles. The summed E-state index contributed by atoms with van der Waals surface area (Å²) in [6, 6.07) is 14.8. The zero-order valence-electron chi connectivity index (χ0n) is 14.7. The molecule has 0 saturated heterocycles. The van der Waals surface area contributed by atoms with E-state index < -0.39 is 11.8 Å². The minimum Gasteiger partial charge on any atom is -0.497 e. The number of nitrogens with zero attached hydrogens (tertiary/aromatic N) is 1. The third kappa shape index (κ3) is 5.62. The number of methoxy groups -OCH3 is 2. The Bertz CT molecular complexity index is 776. The summed E-state index contributed by atoms with van der Waals surface area (Å²) >= 11 is 0. The first-order valence-corrected chi connectivity index (χ1v) is 8.01. The Kier molecular flexibility index (Phi) is 7.17. The van der Waals surface area contributed by atoms with Crippen molar-refractivity contribution < 1.29 is 19.1 Å². The number of ether oxygens (including phenoxy) is 2. The lowest BCUT2D eigenvalue weighted by Crippen LogP contribution is -2.38. The number of benzene rings is 2. The van der Waals surface area contributed by atoms with Gasteiger partial charge in [-0.3, -0.25) is 9.59 Å². The molecule has 0 radical (unpaired) electrons. The van der Waals surface area contributed by atoms with Crippen LogP contribution in [0.5, 0.6) is 11.5 Å². The van der Waals surface area contributed by atoms with Crippen LogP contribution in [0, 0.1) is 0 Å². The van der Waals surface area contributed by atoms with Crippen LogP contribution in [0.2, 0.25) is 0 Å². The topological polar surface area (TPSA) is 89.0 Å². The Balaban J connectivity index is 1.81. The molecule has 136 valence electrons. The molecule has 2 amide bonds. The predicted molar refractivity (Wildman–Crippen MR) is 98.4 cm³/mol. The van der Waals surface area contributed by atoms with E-state index in [2.05, 4.69) is 15.8 Å². The summed E-state index contributed by atoms with van der Waals surface area (Å²) in [4.78, 5) is 23.5. The lowest BCUT2D eigenvalue weighted by molar-refractivity contribution is -0.139. The Labute approximate surface area is 152 Å². The maximum atomic E-state index is 11.7. The SMILES string of the molecule is COc1ccc(C=NNC(=O)C(=O)NCCc2ccccc2)c(OC)c1. The molecule has 0 aromatic heterocycles. The second kappa shape index (κ2) is 9.83. The number of carbonyl (C=O) groups is 2. The molecule has 0 saturated carbocycles. The largest absolute Gasteiger partial charge is 0.497 e. The summed E-state index contributed by atoms with van der Waals surface area (Å²) < 4.78 is 10.3. The second-order valence-corrected chi connectivity index (χ2v) is 5.30. The van der Waals surface area contributed by atoms with E-state index in [1.165, 1.54) is 13.3 Å². The van der Waals surface area contributed by atoms with Gasteiger partial charge in [-0.05, 0) is 24.1 Å². The monoisotopic (exact) mass is 355 g/mol. The van der Waals surface area contributed by atoms with Gasteiger partial charge < -0.3 is 14.8 Å². The Morgan fingerprint density at radius 1 is 1.04 bits per heavy atom. The van der Waals surface area contributed by atoms with Crippen molar-refractivity contribution in [3.05, 3.63) is 59.7 Å². The Morgan fingerprint density at radius 2 is 1.81 bits per heavy atom. The number of hydrogen-bond donors (Lipinski definition) is 2. The Morgan fingerprint density at radius 3 is 2.50 bits per heavy atom. The van der Waals surface area contributed by atoms with E-state index >= 15 is 0 Å². The van der Waals surface area contributed by atoms with Crippen molar-refractivity contribution in [1.82, 2.24) is 10.7 Å². The quantitative estimate of drug-likeness (QED) is 0.448. The van der Waals surface area contributed by atoms with Crippen LogP contribution in [0.3, 0.4) is 0 Å². The first kappa shape index (κ1) is 19.0. The highest BCUT2D eigenvalue weighted by molar-refractivity contribution is 6.35. The molecular formula is C19H21N3O4. The van der Waals surface area contributed by atoms with Crippen LogP contribution >= 0.6 is 0 Å². The van der Waals surface area contributed by atoms with Crippen molar-refractivity contribution in [2.45, 2.75) is 6.42 Å². The van der Waals surface area contributed by atoms with E-state index in [1.54, 1.807) is 25.3 Å². The smallest absolute Gasteiger partial charge is 0.329 e. The van der Waals surface area contributed by atoms with Crippen LogP contribution in [0.15, 0.2) is 53.6 Å². The number of hydrogen-bond acceptors (Lipinski definition) is 5. The predicted octanol–water partition coefficient (Wildman–Crippen LogP) is 1.51. The van der Waals surface area contributed by atoms with Crippen LogP contribution < -0.4 is 20.2 Å². The summed E-state index contributed by atoms with van der Waals surface area (Å²) in [6.45, 7) is 0.367. The minimum atomic E-state index is -0.832. The molecular weight excluding hydrogens is 334 g/mol. The molecule has 2 aromatic rings. The summed E-state index contributed by atoms with van der Waals surface area (Å²) in [5, 5.41) is 6.34. The van der Waals surface area contributed by atoms with Gasteiger partial charge in [0, 0.05) is 18.2 Å². The van der Waals surface area contributed by atoms with Crippen LogP contribution in [0.25, 0.3) is 0 Å². The Hall–Kier alpha value is -3.35. The maximum absolute atomic E-state index is 11.7. The maximum Gasteiger partial charge on any atom is 0.329 e. The highest BCUT2D eigenvalue weighted by Crippen LogP contribution is 2.22. The summed E-state index contributed by atoms with van der Waals surface area (Å²) in [7, 11) is 3.07. The molecule has 0 fully saturated rings. The van der Waals surface area contributed by atoms with Crippen LogP contribution in [0.1, 0.15) is 11.1 Å². The van der Waals surface area contributed by atoms with Gasteiger partial charge >= 0.3 is 11.8 Å². The summed E-state index contributed by atoms with van der Waals surface area (Å²) in [5.74, 6) is -0.392. The molecule has 7 heteroatoms. The van der Waals surface area contributed by atoms with Crippen molar-refractivity contribution in [3.63, 3.8) is 0 Å². The first-order valence-electron chi connectivity index (χ1n) is 8.01. The third-order valence-corrected chi connectivity index (χ3v) is 3.56. The fourth-order valence-electron chi connectivity index (χ4n) is 2.18. The van der Waals surface area contributed by atoms with E-state index in [1.807, 2.05) is 30.3 Å². The molecule has 0 aliphatic rings. The van der Waals surface area contributed by atoms with Crippen molar-refractivity contribution in [3.8, 4) is 11.5 Å². The molecule has 2 N–H and O–H groups in total. The standard InChI is InChI=1S/C19H21N3O4/c1-25-16-9-8-15(17(12-16)26-2)13-21-22-19(24)18(23)20-11-10-14-6-4-3-5-7-14/h3-9,12-13H,10-11H2,1-2H3,(H,20,23)(H,22,24). The van der Waals surface area contributed by atoms with Gasteiger partial charge in [-0.15, -0.1) is 0 Å². The molecule has 0 unspecified atom stereocenters. The van der Waals surface area contributed by atoms with E-state index in [9.17, 15) is 9.59 Å². The summed E-state index contributed by atoms with van der Waals surface area (Å²) in [6.07, 6.45) is 2.04. The highest BCUT2D eigenvalue weighted by Gasteiger charge is 2.11. The van der Waals surface area contributed by atoms with Gasteiger partial charge in [0.25, 0.3) is 0 Å². The average molecular weight is 355 g/mol. The molecule has 0 heterocycles. The lowest BCUT2D eigenvalue weighted by Gasteiger charge is -2.07. The van der Waals surface area contributed by atoms with Gasteiger partial charge in [-0.2, -0.15) is 5.10 Å². The molecule has 26 heavy (non-hydrogen) atoms. The lowest BCUT2D eigenvalue weighted by atomic mass is 10.1. The highest BCUT2D eigenvalue weighted by atomic mass is 16.5. The number of carbonyl (C=O) groups excluding carboxylic acids is 2. The van der Waals surface area contributed by atoms with Crippen molar-refractivity contribution in [2.24, 2.45) is 5.10 Å². The van der Waals surface area contributed by atoms with Crippen LogP contribution in [0.4, 0.5) is 0 Å². The fraction of sp³-hybridized carbons (Fsp3) is 0.211. The molecule has 2 aromatic carbocycles. The third-order valence-electron chi connectivity index (χ3n) is 3.56. The zero-order chi connectivity index (χ0) is 18.8. The molecule has 7 nitrogen and oxygen atoms in total. The van der Waals surface area contributed by atoms with Gasteiger partial charge in [-0.25, -0.2) is 5.43 Å². The van der Waals surface area contributed by atoms with E-state index in [0.717, 1.165) is 5.56 Å². The normalized spacial score (nSPS) is 10.4. The summed E-state index contributed by atoms with van der Waals surface area (Å²) in [5.41, 5.74) is 3.91. The molecule has 2 rings (SSSR count). The van der Waals surface area contributed by atoms with Gasteiger partial charge in [0.05, 0.1) is 20.4 Å². The molecule has 0 spiro atoms. The van der Waals surface area contributed by atoms with Crippen LogP contribution in [-0.4, -0.2) is 38.8 Å². The fourth-order valence-corrected chi connectivity index (χ4v) is 2.18. The number of rotatable bonds is 7. The van der Waals surface area contributed by atoms with E-state index in [-0.39, 0.29) is 0 Å². The average Bonchev–Trinajstić information content (AvgIpc) is 2.68. The number of nitrogens with one attached hydrogen (secondary N) is 2.